The van der Waals surface area contributed by atoms with Crippen molar-refractivity contribution >= 4 is 0 Å². The molecule has 3 atom stereocenters. The molecule has 0 aromatic carbocycles. The fraction of sp³-hybridized carbons (Fsp3) is 1.00. The van der Waals surface area contributed by atoms with Crippen molar-refractivity contribution in [2.75, 3.05) is 0 Å². The van der Waals surface area contributed by atoms with Gasteiger partial charge in [0.15, 0.2) is 0 Å². The summed E-state index contributed by atoms with van der Waals surface area (Å²) >= 11 is 0. The van der Waals surface area contributed by atoms with Gasteiger partial charge in [0.1, 0.15) is 0 Å². The molecule has 0 N–H and O–H groups in total. The van der Waals surface area contributed by atoms with Crippen LogP contribution < -0.4 is 0 Å². The van der Waals surface area contributed by atoms with E-state index in [2.05, 4.69) is 48.5 Å². The first-order valence-electron chi connectivity index (χ1n) is 9.97. The molecule has 0 aliphatic rings. The smallest absolute Gasteiger partial charge is 0.0389 e. The van der Waals surface area contributed by atoms with Gasteiger partial charge in [0.2, 0.25) is 0 Å². The molecule has 0 saturated heterocycles. The third-order valence-corrected chi connectivity index (χ3v) is 6.17. The third-order valence-electron chi connectivity index (χ3n) is 6.17. The zero-order chi connectivity index (χ0) is 16.3. The van der Waals surface area contributed by atoms with Crippen LogP contribution in [0.5, 0.6) is 0 Å². The molecule has 3 unspecified atom stereocenters. The van der Waals surface area contributed by atoms with E-state index in [0.717, 1.165) is 29.6 Å². The average molecular weight is 297 g/mol. The summed E-state index contributed by atoms with van der Waals surface area (Å²) in [6.07, 6.45) is 12.9. The molecule has 0 amide bonds. The van der Waals surface area contributed by atoms with Gasteiger partial charge in [-0.1, -0.05) is 106 Å². The Kier molecular flexibility index (Phi) is 12.5. The van der Waals surface area contributed by atoms with Crippen LogP contribution in [-0.2, 0) is 0 Å². The van der Waals surface area contributed by atoms with Crippen LogP contribution in [0.1, 0.15) is 106 Å². The van der Waals surface area contributed by atoms with Crippen molar-refractivity contribution in [1.29, 1.82) is 0 Å². The maximum Gasteiger partial charge on any atom is -0.0389 e. The van der Waals surface area contributed by atoms with E-state index in [0.29, 0.717) is 0 Å². The molecule has 128 valence electrons. The Balaban J connectivity index is 3.71. The summed E-state index contributed by atoms with van der Waals surface area (Å²) in [6, 6.07) is 0. The Morgan fingerprint density at radius 2 is 1.05 bits per heavy atom. The second kappa shape index (κ2) is 12.5. The van der Waals surface area contributed by atoms with Crippen molar-refractivity contribution in [1.82, 2.24) is 0 Å². The molecule has 21 heavy (non-hydrogen) atoms. The first-order chi connectivity index (χ1) is 9.97. The van der Waals surface area contributed by atoms with Crippen LogP contribution in [0.2, 0.25) is 0 Å². The highest BCUT2D eigenvalue weighted by Gasteiger charge is 2.16. The molecule has 0 rings (SSSR count). The van der Waals surface area contributed by atoms with Crippen molar-refractivity contribution in [2.45, 2.75) is 106 Å². The van der Waals surface area contributed by atoms with Crippen molar-refractivity contribution < 1.29 is 0 Å². The van der Waals surface area contributed by atoms with E-state index in [1.807, 2.05) is 0 Å². The molecule has 0 aliphatic carbocycles. The molecule has 0 saturated carbocycles. The monoisotopic (exact) mass is 296 g/mol. The lowest BCUT2D eigenvalue weighted by atomic mass is 9.82. The minimum absolute atomic E-state index is 0.838. The number of rotatable bonds is 13. The molecule has 0 aromatic rings. The lowest BCUT2D eigenvalue weighted by Crippen LogP contribution is -2.14. The molecule has 0 nitrogen and oxygen atoms in total. The van der Waals surface area contributed by atoms with Crippen LogP contribution >= 0.6 is 0 Å². The van der Waals surface area contributed by atoms with Crippen LogP contribution in [0.25, 0.3) is 0 Å². The minimum atomic E-state index is 0.838. The van der Waals surface area contributed by atoms with Gasteiger partial charge in [-0.25, -0.2) is 0 Å². The highest BCUT2D eigenvalue weighted by molar-refractivity contribution is 4.68. The van der Waals surface area contributed by atoms with Crippen molar-refractivity contribution in [3.8, 4) is 0 Å². The molecular formula is C21H44. The second-order valence-corrected chi connectivity index (χ2v) is 7.82. The van der Waals surface area contributed by atoms with Crippen LogP contribution in [0, 0.1) is 29.6 Å². The first-order valence-corrected chi connectivity index (χ1v) is 9.97. The van der Waals surface area contributed by atoms with Gasteiger partial charge in [0.05, 0.1) is 0 Å². The van der Waals surface area contributed by atoms with Gasteiger partial charge in [-0.2, -0.15) is 0 Å². The Morgan fingerprint density at radius 1 is 0.571 bits per heavy atom. The predicted octanol–water partition coefficient (Wildman–Crippen LogP) is 7.72. The molecule has 0 radical (unpaired) electrons. The van der Waals surface area contributed by atoms with E-state index in [9.17, 15) is 0 Å². The number of hydrogen-bond acceptors (Lipinski definition) is 0. The molecule has 0 heterocycles. The topological polar surface area (TPSA) is 0 Å². The van der Waals surface area contributed by atoms with Gasteiger partial charge < -0.3 is 0 Å². The predicted molar refractivity (Wildman–Crippen MR) is 98.7 cm³/mol. The van der Waals surface area contributed by atoms with Crippen LogP contribution in [0.4, 0.5) is 0 Å². The van der Waals surface area contributed by atoms with Crippen molar-refractivity contribution in [2.24, 2.45) is 29.6 Å². The van der Waals surface area contributed by atoms with Gasteiger partial charge in [-0.05, 0) is 29.6 Å². The SMILES string of the molecule is CCC(CC)C(CC)CCCCCCC(C)C(C)C(C)C. The summed E-state index contributed by atoms with van der Waals surface area (Å²) < 4.78 is 0. The maximum absolute atomic E-state index is 2.45. The van der Waals surface area contributed by atoms with Crippen LogP contribution in [0.3, 0.4) is 0 Å². The Morgan fingerprint density at radius 3 is 1.48 bits per heavy atom. The Labute approximate surface area is 136 Å². The standard InChI is InChI=1S/C21H44/c1-8-20(9-2)21(10-3)16-14-12-11-13-15-18(6)19(7)17(4)5/h17-21H,8-16H2,1-7H3. The van der Waals surface area contributed by atoms with E-state index in [1.54, 1.807) is 0 Å². The van der Waals surface area contributed by atoms with Crippen LogP contribution in [-0.4, -0.2) is 0 Å². The second-order valence-electron chi connectivity index (χ2n) is 7.82. The van der Waals surface area contributed by atoms with Gasteiger partial charge in [0.25, 0.3) is 0 Å². The zero-order valence-electron chi connectivity index (χ0n) is 16.3. The molecule has 0 fully saturated rings. The molecule has 0 aromatic heterocycles. The summed E-state index contributed by atoms with van der Waals surface area (Å²) in [5.74, 6) is 4.58. The molecular weight excluding hydrogens is 252 g/mol. The van der Waals surface area contributed by atoms with Crippen molar-refractivity contribution in [3.63, 3.8) is 0 Å². The normalized spacial score (nSPS) is 16.4. The summed E-state index contributed by atoms with van der Waals surface area (Å²) in [5.41, 5.74) is 0. The Bertz CT molecular complexity index is 214. The van der Waals surface area contributed by atoms with E-state index in [4.69, 9.17) is 0 Å². The van der Waals surface area contributed by atoms with Gasteiger partial charge in [-0.15, -0.1) is 0 Å². The highest BCUT2D eigenvalue weighted by atomic mass is 14.2. The molecule has 0 bridgehead atoms. The van der Waals surface area contributed by atoms with Gasteiger partial charge in [-0.3, -0.25) is 0 Å². The van der Waals surface area contributed by atoms with E-state index >= 15 is 0 Å². The summed E-state index contributed by atoms with van der Waals surface area (Å²) in [5, 5.41) is 0. The third kappa shape index (κ3) is 8.89. The quantitative estimate of drug-likeness (QED) is 0.305. The summed E-state index contributed by atoms with van der Waals surface area (Å²) in [7, 11) is 0. The van der Waals surface area contributed by atoms with E-state index < -0.39 is 0 Å². The van der Waals surface area contributed by atoms with E-state index in [1.165, 1.54) is 57.8 Å². The van der Waals surface area contributed by atoms with Gasteiger partial charge in [0, 0.05) is 0 Å². The Hall–Kier alpha value is 0. The molecule has 0 aliphatic heterocycles. The van der Waals surface area contributed by atoms with Gasteiger partial charge >= 0.3 is 0 Å². The fourth-order valence-electron chi connectivity index (χ4n) is 3.87. The summed E-state index contributed by atoms with van der Waals surface area (Å²) in [6.45, 7) is 16.7. The minimum Gasteiger partial charge on any atom is -0.0651 e. The zero-order valence-corrected chi connectivity index (χ0v) is 16.3. The van der Waals surface area contributed by atoms with Crippen molar-refractivity contribution in [3.05, 3.63) is 0 Å². The maximum atomic E-state index is 2.45. The average Bonchev–Trinajstić information content (AvgIpc) is 2.48. The largest absolute Gasteiger partial charge is 0.0651 e. The highest BCUT2D eigenvalue weighted by Crippen LogP contribution is 2.28. The van der Waals surface area contributed by atoms with Crippen LogP contribution in [0.15, 0.2) is 0 Å². The molecule has 0 heteroatoms. The fourth-order valence-corrected chi connectivity index (χ4v) is 3.87. The van der Waals surface area contributed by atoms with E-state index in [-0.39, 0.29) is 0 Å². The number of hydrogen-bond donors (Lipinski definition) is 0. The molecule has 0 spiro atoms. The summed E-state index contributed by atoms with van der Waals surface area (Å²) in [4.78, 5) is 0. The number of unbranched alkanes of at least 4 members (excludes halogenated alkanes) is 3. The lowest BCUT2D eigenvalue weighted by Gasteiger charge is -2.24. The first kappa shape index (κ1) is 21.0. The lowest BCUT2D eigenvalue weighted by molar-refractivity contribution is 0.268.